The van der Waals surface area contributed by atoms with Gasteiger partial charge in [0.15, 0.2) is 0 Å². The third-order valence-corrected chi connectivity index (χ3v) is 3.84. The van der Waals surface area contributed by atoms with Crippen LogP contribution in [0, 0.1) is 16.0 Å². The first-order valence-corrected chi connectivity index (χ1v) is 6.57. The Kier molecular flexibility index (Phi) is 4.14. The number of carboxylic acid groups (broad SMARTS) is 1. The average Bonchev–Trinajstić information content (AvgIpc) is 2.64. The minimum atomic E-state index is -0.793. The summed E-state index contributed by atoms with van der Waals surface area (Å²) in [6.07, 6.45) is 4.38. The van der Waals surface area contributed by atoms with Crippen molar-refractivity contribution in [2.24, 2.45) is 5.92 Å². The largest absolute Gasteiger partial charge is 0.481 e. The van der Waals surface area contributed by atoms with Gasteiger partial charge in [0.1, 0.15) is 0 Å². The molecule has 5 heteroatoms. The summed E-state index contributed by atoms with van der Waals surface area (Å²) >= 11 is 0. The van der Waals surface area contributed by atoms with Crippen molar-refractivity contribution in [2.45, 2.75) is 38.0 Å². The third-order valence-electron chi connectivity index (χ3n) is 3.84. The van der Waals surface area contributed by atoms with Crippen LogP contribution in [0.2, 0.25) is 0 Å². The Morgan fingerprint density at radius 1 is 1.26 bits per heavy atom. The molecule has 19 heavy (non-hydrogen) atoms. The molecule has 2 atom stereocenters. The second-order valence-corrected chi connectivity index (χ2v) is 5.04. The van der Waals surface area contributed by atoms with E-state index in [2.05, 4.69) is 0 Å². The molecule has 0 bridgehead atoms. The highest BCUT2D eigenvalue weighted by Gasteiger charge is 2.31. The molecule has 1 fully saturated rings. The summed E-state index contributed by atoms with van der Waals surface area (Å²) in [5.41, 5.74) is 0.814. The number of hydrogen-bond acceptors (Lipinski definition) is 3. The summed E-state index contributed by atoms with van der Waals surface area (Å²) in [7, 11) is 0. The van der Waals surface area contributed by atoms with Crippen LogP contribution in [0.1, 0.15) is 43.6 Å². The van der Waals surface area contributed by atoms with E-state index in [4.69, 9.17) is 0 Å². The number of non-ortho nitro benzene ring substituents is 1. The van der Waals surface area contributed by atoms with E-state index in [1.165, 1.54) is 12.1 Å². The van der Waals surface area contributed by atoms with Gasteiger partial charge in [-0.05, 0) is 24.3 Å². The molecule has 0 saturated heterocycles. The molecule has 0 amide bonds. The van der Waals surface area contributed by atoms with E-state index in [-0.39, 0.29) is 11.6 Å². The van der Waals surface area contributed by atoms with Crippen LogP contribution in [-0.2, 0) is 4.79 Å². The molecule has 0 aromatic heterocycles. The molecule has 1 aromatic carbocycles. The summed E-state index contributed by atoms with van der Waals surface area (Å²) in [5.74, 6) is -1.33. The average molecular weight is 263 g/mol. The van der Waals surface area contributed by atoms with E-state index in [0.717, 1.165) is 31.2 Å². The van der Waals surface area contributed by atoms with Crippen molar-refractivity contribution in [3.63, 3.8) is 0 Å². The molecule has 1 aliphatic rings. The highest BCUT2D eigenvalue weighted by atomic mass is 16.6. The molecule has 1 N–H and O–H groups in total. The van der Waals surface area contributed by atoms with Crippen LogP contribution in [0.25, 0.3) is 0 Å². The summed E-state index contributed by atoms with van der Waals surface area (Å²) in [4.78, 5) is 21.7. The minimum Gasteiger partial charge on any atom is -0.481 e. The van der Waals surface area contributed by atoms with Crippen LogP contribution in [0.4, 0.5) is 5.69 Å². The summed E-state index contributed by atoms with van der Waals surface area (Å²) in [6, 6.07) is 6.40. The first-order valence-electron chi connectivity index (χ1n) is 6.57. The maximum atomic E-state index is 11.4. The number of carboxylic acids is 1. The molecular weight excluding hydrogens is 246 g/mol. The van der Waals surface area contributed by atoms with E-state index in [0.29, 0.717) is 6.42 Å². The first-order chi connectivity index (χ1) is 9.09. The van der Waals surface area contributed by atoms with Gasteiger partial charge in [-0.2, -0.15) is 0 Å². The number of nitro groups is 1. The minimum absolute atomic E-state index is 0.0332. The number of hydrogen-bond donors (Lipinski definition) is 1. The highest BCUT2D eigenvalue weighted by Crippen LogP contribution is 2.37. The van der Waals surface area contributed by atoms with Crippen LogP contribution in [0.15, 0.2) is 24.3 Å². The van der Waals surface area contributed by atoms with Gasteiger partial charge >= 0.3 is 5.97 Å². The van der Waals surface area contributed by atoms with E-state index >= 15 is 0 Å². The third kappa shape index (κ3) is 3.10. The van der Waals surface area contributed by atoms with Crippen molar-refractivity contribution >= 4 is 11.7 Å². The van der Waals surface area contributed by atoms with Crippen molar-refractivity contribution in [3.8, 4) is 0 Å². The molecule has 102 valence electrons. The molecule has 2 unspecified atom stereocenters. The molecule has 5 nitrogen and oxygen atoms in total. The lowest BCUT2D eigenvalue weighted by Crippen LogP contribution is -2.21. The zero-order chi connectivity index (χ0) is 13.8. The molecule has 1 aliphatic carbocycles. The molecule has 0 heterocycles. The molecular formula is C14H17NO4. The molecule has 2 rings (SSSR count). The number of nitro benzene ring substituents is 1. The lowest BCUT2D eigenvalue weighted by atomic mass is 9.82. The topological polar surface area (TPSA) is 80.4 Å². The Morgan fingerprint density at radius 3 is 2.68 bits per heavy atom. The maximum absolute atomic E-state index is 11.4. The van der Waals surface area contributed by atoms with Gasteiger partial charge < -0.3 is 5.11 Å². The Balaban J connectivity index is 2.33. The van der Waals surface area contributed by atoms with Crippen molar-refractivity contribution in [3.05, 3.63) is 39.9 Å². The fraction of sp³-hybridized carbons (Fsp3) is 0.500. The van der Waals surface area contributed by atoms with Crippen LogP contribution in [0.5, 0.6) is 0 Å². The Labute approximate surface area is 111 Å². The summed E-state index contributed by atoms with van der Waals surface area (Å²) in [6.45, 7) is 0. The lowest BCUT2D eigenvalue weighted by molar-refractivity contribution is -0.384. The number of rotatable bonds is 3. The molecule has 0 aliphatic heterocycles. The Morgan fingerprint density at radius 2 is 2.00 bits per heavy atom. The van der Waals surface area contributed by atoms with Gasteiger partial charge in [0.05, 0.1) is 10.8 Å². The molecule has 1 saturated carbocycles. The quantitative estimate of drug-likeness (QED) is 0.515. The second kappa shape index (κ2) is 5.82. The van der Waals surface area contributed by atoms with Gasteiger partial charge in [0.25, 0.3) is 5.69 Å². The van der Waals surface area contributed by atoms with Gasteiger partial charge in [-0.15, -0.1) is 0 Å². The van der Waals surface area contributed by atoms with Crippen molar-refractivity contribution in [2.75, 3.05) is 0 Å². The summed E-state index contributed by atoms with van der Waals surface area (Å²) in [5, 5.41) is 20.1. The zero-order valence-electron chi connectivity index (χ0n) is 10.6. The van der Waals surface area contributed by atoms with Crippen LogP contribution in [-0.4, -0.2) is 16.0 Å². The van der Waals surface area contributed by atoms with Gasteiger partial charge in [-0.1, -0.05) is 31.4 Å². The molecule has 1 aromatic rings. The van der Waals surface area contributed by atoms with Gasteiger partial charge in [-0.25, -0.2) is 0 Å². The lowest BCUT2D eigenvalue weighted by Gasteiger charge is -2.21. The van der Waals surface area contributed by atoms with Crippen LogP contribution in [0.3, 0.4) is 0 Å². The smallest absolute Gasteiger partial charge is 0.307 e. The van der Waals surface area contributed by atoms with E-state index in [9.17, 15) is 20.0 Å². The number of benzene rings is 1. The zero-order valence-corrected chi connectivity index (χ0v) is 10.6. The highest BCUT2D eigenvalue weighted by molar-refractivity contribution is 5.71. The number of nitrogens with zero attached hydrogens (tertiary/aromatic N) is 1. The van der Waals surface area contributed by atoms with Crippen LogP contribution < -0.4 is 0 Å². The van der Waals surface area contributed by atoms with Crippen molar-refractivity contribution in [1.82, 2.24) is 0 Å². The SMILES string of the molecule is O=C(O)C1CCCCCC1c1cccc([N+](=O)[O-])c1. The predicted octanol–water partition coefficient (Wildman–Crippen LogP) is 3.34. The predicted molar refractivity (Wildman–Crippen MR) is 70.0 cm³/mol. The fourth-order valence-corrected chi connectivity index (χ4v) is 2.87. The fourth-order valence-electron chi connectivity index (χ4n) is 2.87. The van der Waals surface area contributed by atoms with Crippen molar-refractivity contribution < 1.29 is 14.8 Å². The molecule has 0 spiro atoms. The Hall–Kier alpha value is -1.91. The second-order valence-electron chi connectivity index (χ2n) is 5.04. The van der Waals surface area contributed by atoms with E-state index < -0.39 is 16.8 Å². The normalized spacial score (nSPS) is 23.6. The Bertz CT molecular complexity index is 486. The first kappa shape index (κ1) is 13.5. The molecule has 0 radical (unpaired) electrons. The van der Waals surface area contributed by atoms with Gasteiger partial charge in [0.2, 0.25) is 0 Å². The summed E-state index contributed by atoms with van der Waals surface area (Å²) < 4.78 is 0. The standard InChI is InChI=1S/C14H17NO4/c16-14(17)13-8-3-1-2-7-12(13)10-5-4-6-11(9-10)15(18)19/h4-6,9,12-13H,1-3,7-8H2,(H,16,17). The van der Waals surface area contributed by atoms with Gasteiger partial charge in [-0.3, -0.25) is 14.9 Å². The monoisotopic (exact) mass is 263 g/mol. The van der Waals surface area contributed by atoms with E-state index in [1.54, 1.807) is 12.1 Å². The maximum Gasteiger partial charge on any atom is 0.307 e. The van der Waals surface area contributed by atoms with E-state index in [1.807, 2.05) is 0 Å². The van der Waals surface area contributed by atoms with Crippen LogP contribution >= 0.6 is 0 Å². The number of aliphatic carboxylic acids is 1. The van der Waals surface area contributed by atoms with Gasteiger partial charge in [0, 0.05) is 12.1 Å². The van der Waals surface area contributed by atoms with Crippen molar-refractivity contribution in [1.29, 1.82) is 0 Å². The number of carbonyl (C=O) groups is 1.